The molecule has 27 heavy (non-hydrogen) atoms. The Morgan fingerprint density at radius 1 is 1.07 bits per heavy atom. The van der Waals surface area contributed by atoms with E-state index in [-0.39, 0.29) is 0 Å². The Balaban J connectivity index is 1.32. The van der Waals surface area contributed by atoms with Crippen molar-refractivity contribution in [2.45, 2.75) is 38.2 Å². The molecule has 1 fully saturated rings. The summed E-state index contributed by atoms with van der Waals surface area (Å²) in [5.74, 6) is 2.61. The first kappa shape index (κ1) is 17.9. The standard InChI is InChI=1S/C23H29N3O/c1-2-24-23(25-17-19-16-18-8-6-7-11-22(18)19)26-14-12-21(13-15-26)27-20-9-4-3-5-10-20/h3-11,19,21H,2,12-17H2,1H3,(H,24,25). The zero-order valence-electron chi connectivity index (χ0n) is 16.1. The smallest absolute Gasteiger partial charge is 0.193 e. The topological polar surface area (TPSA) is 36.9 Å². The van der Waals surface area contributed by atoms with Crippen LogP contribution in [0.1, 0.15) is 36.8 Å². The number of hydrogen-bond acceptors (Lipinski definition) is 2. The molecule has 4 nitrogen and oxygen atoms in total. The number of hydrogen-bond donors (Lipinski definition) is 1. The van der Waals surface area contributed by atoms with Crippen LogP contribution in [-0.4, -0.2) is 43.1 Å². The number of nitrogens with zero attached hydrogens (tertiary/aromatic N) is 2. The second kappa shape index (κ2) is 8.47. The number of benzene rings is 2. The highest BCUT2D eigenvalue weighted by atomic mass is 16.5. The van der Waals surface area contributed by atoms with Gasteiger partial charge in [-0.2, -0.15) is 0 Å². The van der Waals surface area contributed by atoms with Crippen LogP contribution in [0.3, 0.4) is 0 Å². The average molecular weight is 364 g/mol. The number of aliphatic imine (C=N–C) groups is 1. The molecule has 142 valence electrons. The van der Waals surface area contributed by atoms with Crippen molar-refractivity contribution in [2.75, 3.05) is 26.2 Å². The van der Waals surface area contributed by atoms with Crippen LogP contribution in [0.25, 0.3) is 0 Å². The second-order valence-electron chi connectivity index (χ2n) is 7.41. The van der Waals surface area contributed by atoms with E-state index in [1.54, 1.807) is 0 Å². The molecule has 0 radical (unpaired) electrons. The molecule has 2 aromatic rings. The van der Waals surface area contributed by atoms with E-state index in [2.05, 4.69) is 41.4 Å². The van der Waals surface area contributed by atoms with E-state index in [0.717, 1.165) is 57.2 Å². The van der Waals surface area contributed by atoms with Gasteiger partial charge >= 0.3 is 0 Å². The molecule has 1 saturated heterocycles. The molecular weight excluding hydrogens is 334 g/mol. The molecule has 1 aliphatic heterocycles. The Morgan fingerprint density at radius 3 is 2.56 bits per heavy atom. The maximum atomic E-state index is 6.12. The first-order chi connectivity index (χ1) is 13.3. The molecule has 0 amide bonds. The molecular formula is C23H29N3O. The maximum absolute atomic E-state index is 6.12. The third-order valence-corrected chi connectivity index (χ3v) is 5.55. The van der Waals surface area contributed by atoms with E-state index in [9.17, 15) is 0 Å². The lowest BCUT2D eigenvalue weighted by atomic mass is 9.78. The predicted octanol–water partition coefficient (Wildman–Crippen LogP) is 3.84. The Bertz CT molecular complexity index is 766. The van der Waals surface area contributed by atoms with Gasteiger partial charge in [0.05, 0.1) is 0 Å². The van der Waals surface area contributed by atoms with Gasteiger partial charge in [-0.25, -0.2) is 0 Å². The maximum Gasteiger partial charge on any atom is 0.193 e. The molecule has 1 unspecified atom stereocenters. The minimum absolute atomic E-state index is 0.296. The second-order valence-corrected chi connectivity index (χ2v) is 7.41. The summed E-state index contributed by atoms with van der Waals surface area (Å²) in [4.78, 5) is 7.35. The first-order valence-electron chi connectivity index (χ1n) is 10.2. The van der Waals surface area contributed by atoms with Crippen molar-refractivity contribution in [3.8, 4) is 5.75 Å². The molecule has 0 aromatic heterocycles. The number of rotatable bonds is 5. The Kier molecular flexibility index (Phi) is 5.61. The SMILES string of the molecule is CCNC(=NCC1Cc2ccccc21)N1CCC(Oc2ccccc2)CC1. The van der Waals surface area contributed by atoms with Crippen LogP contribution in [0, 0.1) is 0 Å². The van der Waals surface area contributed by atoms with Crippen molar-refractivity contribution in [1.82, 2.24) is 10.2 Å². The fraction of sp³-hybridized carbons (Fsp3) is 0.435. The number of ether oxygens (including phenoxy) is 1. The van der Waals surface area contributed by atoms with Crippen LogP contribution in [0.15, 0.2) is 59.6 Å². The Morgan fingerprint density at radius 2 is 1.81 bits per heavy atom. The van der Waals surface area contributed by atoms with Crippen molar-refractivity contribution >= 4 is 5.96 Å². The lowest BCUT2D eigenvalue weighted by molar-refractivity contribution is 0.129. The molecule has 4 rings (SSSR count). The monoisotopic (exact) mass is 363 g/mol. The van der Waals surface area contributed by atoms with Crippen LogP contribution in [-0.2, 0) is 6.42 Å². The molecule has 1 atom stereocenters. The van der Waals surface area contributed by atoms with Crippen LogP contribution in [0.4, 0.5) is 0 Å². The Hall–Kier alpha value is -2.49. The molecule has 0 saturated carbocycles. The summed E-state index contributed by atoms with van der Waals surface area (Å²) in [6, 6.07) is 18.9. The highest BCUT2D eigenvalue weighted by Crippen LogP contribution is 2.34. The van der Waals surface area contributed by atoms with Gasteiger partial charge in [-0.3, -0.25) is 4.99 Å². The number of nitrogens with one attached hydrogen (secondary N) is 1. The van der Waals surface area contributed by atoms with Gasteiger partial charge in [-0.05, 0) is 36.6 Å². The van der Waals surface area contributed by atoms with Gasteiger partial charge in [0.25, 0.3) is 0 Å². The Labute approximate surface area is 162 Å². The summed E-state index contributed by atoms with van der Waals surface area (Å²) in [5.41, 5.74) is 2.97. The first-order valence-corrected chi connectivity index (χ1v) is 10.2. The van der Waals surface area contributed by atoms with Gasteiger partial charge in [0.15, 0.2) is 5.96 Å². The highest BCUT2D eigenvalue weighted by Gasteiger charge is 2.26. The number of piperidine rings is 1. The van der Waals surface area contributed by atoms with Crippen molar-refractivity contribution in [3.05, 3.63) is 65.7 Å². The summed E-state index contributed by atoms with van der Waals surface area (Å²) >= 11 is 0. The minimum atomic E-state index is 0.296. The fourth-order valence-corrected chi connectivity index (χ4v) is 4.03. The van der Waals surface area contributed by atoms with Crippen molar-refractivity contribution in [3.63, 3.8) is 0 Å². The van der Waals surface area contributed by atoms with E-state index >= 15 is 0 Å². The summed E-state index contributed by atoms with van der Waals surface area (Å²) in [6.07, 6.45) is 3.52. The fourth-order valence-electron chi connectivity index (χ4n) is 4.03. The van der Waals surface area contributed by atoms with Gasteiger partial charge < -0.3 is 15.0 Å². The zero-order chi connectivity index (χ0) is 18.5. The van der Waals surface area contributed by atoms with Crippen molar-refractivity contribution in [1.29, 1.82) is 0 Å². The van der Waals surface area contributed by atoms with Crippen molar-refractivity contribution < 1.29 is 4.74 Å². The number of guanidine groups is 1. The number of fused-ring (bicyclic) bond motifs is 1. The molecule has 0 bridgehead atoms. The minimum Gasteiger partial charge on any atom is -0.490 e. The van der Waals surface area contributed by atoms with Gasteiger partial charge in [0, 0.05) is 44.9 Å². The van der Waals surface area contributed by atoms with E-state index in [0.29, 0.717) is 12.0 Å². The van der Waals surface area contributed by atoms with Gasteiger partial charge in [0.1, 0.15) is 11.9 Å². The predicted molar refractivity (Wildman–Crippen MR) is 111 cm³/mol. The van der Waals surface area contributed by atoms with Crippen LogP contribution >= 0.6 is 0 Å². The quantitative estimate of drug-likeness (QED) is 0.648. The number of likely N-dealkylation sites (tertiary alicyclic amines) is 1. The molecule has 1 heterocycles. The van der Waals surface area contributed by atoms with Crippen LogP contribution in [0.2, 0.25) is 0 Å². The lowest BCUT2D eigenvalue weighted by Gasteiger charge is -2.35. The van der Waals surface area contributed by atoms with Gasteiger partial charge in [-0.1, -0.05) is 42.5 Å². The van der Waals surface area contributed by atoms with E-state index in [1.165, 1.54) is 11.1 Å². The number of para-hydroxylation sites is 1. The van der Waals surface area contributed by atoms with Gasteiger partial charge in [-0.15, -0.1) is 0 Å². The van der Waals surface area contributed by atoms with Crippen LogP contribution < -0.4 is 10.1 Å². The largest absolute Gasteiger partial charge is 0.490 e. The van der Waals surface area contributed by atoms with E-state index < -0.39 is 0 Å². The van der Waals surface area contributed by atoms with Crippen molar-refractivity contribution in [2.24, 2.45) is 4.99 Å². The third-order valence-electron chi connectivity index (χ3n) is 5.55. The molecule has 4 heteroatoms. The summed E-state index contributed by atoms with van der Waals surface area (Å²) < 4.78 is 6.12. The molecule has 2 aliphatic rings. The van der Waals surface area contributed by atoms with Crippen LogP contribution in [0.5, 0.6) is 5.75 Å². The summed E-state index contributed by atoms with van der Waals surface area (Å²) in [7, 11) is 0. The third kappa shape index (κ3) is 4.26. The molecule has 1 aliphatic carbocycles. The highest BCUT2D eigenvalue weighted by molar-refractivity contribution is 5.80. The van der Waals surface area contributed by atoms with Gasteiger partial charge in [0.2, 0.25) is 0 Å². The molecule has 0 spiro atoms. The molecule has 2 aromatic carbocycles. The summed E-state index contributed by atoms with van der Waals surface area (Å²) in [5, 5.41) is 3.48. The molecule has 1 N–H and O–H groups in total. The van der Waals surface area contributed by atoms with E-state index in [4.69, 9.17) is 9.73 Å². The normalized spacial score (nSPS) is 20.0. The lowest BCUT2D eigenvalue weighted by Crippen LogP contribution is -2.47. The zero-order valence-corrected chi connectivity index (χ0v) is 16.1. The average Bonchev–Trinajstić information content (AvgIpc) is 2.69. The summed E-state index contributed by atoms with van der Waals surface area (Å²) in [6.45, 7) is 5.90. The van der Waals surface area contributed by atoms with E-state index in [1.807, 2.05) is 30.3 Å².